The van der Waals surface area contributed by atoms with Gasteiger partial charge in [-0.15, -0.1) is 0 Å². The monoisotopic (exact) mass is 268 g/mol. The van der Waals surface area contributed by atoms with Crippen LogP contribution in [0, 0.1) is 5.92 Å². The van der Waals surface area contributed by atoms with Gasteiger partial charge in [-0.2, -0.15) is 0 Å². The van der Waals surface area contributed by atoms with Crippen molar-refractivity contribution in [3.63, 3.8) is 0 Å². The number of ketones is 1. The third-order valence-electron chi connectivity index (χ3n) is 3.30. The number of aliphatic carboxylic acids is 1. The molecule has 6 nitrogen and oxygen atoms in total. The lowest BCUT2D eigenvalue weighted by atomic mass is 9.93. The highest BCUT2D eigenvalue weighted by Crippen LogP contribution is 2.56. The number of hydrogen-bond acceptors (Lipinski definition) is 4. The molecular formula is C13H20N2O4. The van der Waals surface area contributed by atoms with Gasteiger partial charge >= 0.3 is 5.97 Å². The van der Waals surface area contributed by atoms with Gasteiger partial charge in [0.1, 0.15) is 0 Å². The molecule has 0 saturated heterocycles. The van der Waals surface area contributed by atoms with Gasteiger partial charge in [0.05, 0.1) is 11.1 Å². The molecule has 1 heterocycles. The molecular weight excluding hydrogens is 248 g/mol. The summed E-state index contributed by atoms with van der Waals surface area (Å²) in [5, 5.41) is 11.8. The lowest BCUT2D eigenvalue weighted by molar-refractivity contribution is -0.147. The molecule has 1 aliphatic heterocycles. The van der Waals surface area contributed by atoms with Gasteiger partial charge in [0.15, 0.2) is 0 Å². The van der Waals surface area contributed by atoms with E-state index in [-0.39, 0.29) is 17.2 Å². The second-order valence-corrected chi connectivity index (χ2v) is 4.08. The first kappa shape index (κ1) is 17.1. The summed E-state index contributed by atoms with van der Waals surface area (Å²) in [4.78, 5) is 22.0. The van der Waals surface area contributed by atoms with Crippen molar-refractivity contribution in [3.05, 3.63) is 35.6 Å². The molecule has 3 rings (SSSR count). The molecule has 7 N–H and O–H groups in total. The molecule has 2 unspecified atom stereocenters. The number of Topliss-reactive ketones (excluding diaryl/α,β-unsaturated/α-hetero) is 1. The fourth-order valence-electron chi connectivity index (χ4n) is 2.42. The third kappa shape index (κ3) is 2.32. The van der Waals surface area contributed by atoms with Gasteiger partial charge in [0, 0.05) is 12.1 Å². The van der Waals surface area contributed by atoms with Crippen LogP contribution in [0.3, 0.4) is 0 Å². The Bertz CT molecular complexity index is 479. The number of hydrogen-bond donors (Lipinski definition) is 3. The second-order valence-electron chi connectivity index (χ2n) is 4.08. The van der Waals surface area contributed by atoms with Crippen LogP contribution in [0.15, 0.2) is 35.6 Å². The first-order valence-electron chi connectivity index (χ1n) is 5.80. The Kier molecular flexibility index (Phi) is 5.23. The van der Waals surface area contributed by atoms with Gasteiger partial charge in [0.25, 0.3) is 5.78 Å². The molecule has 106 valence electrons. The lowest BCUT2D eigenvalue weighted by Crippen LogP contribution is -2.28. The summed E-state index contributed by atoms with van der Waals surface area (Å²) in [5.41, 5.74) is 0.978. The van der Waals surface area contributed by atoms with Crippen LogP contribution in [0.1, 0.15) is 20.3 Å². The number of carboxylic acid groups (broad SMARTS) is 1. The summed E-state index contributed by atoms with van der Waals surface area (Å²) in [6.07, 6.45) is 8.29. The first-order chi connectivity index (χ1) is 8.15. The number of rotatable bonds is 2. The molecule has 1 spiro atoms. The van der Waals surface area contributed by atoms with E-state index < -0.39 is 11.8 Å². The quantitative estimate of drug-likeness (QED) is 0.635. The van der Waals surface area contributed by atoms with Crippen LogP contribution in [0.2, 0.25) is 0 Å². The minimum atomic E-state index is -1.40. The molecule has 0 aromatic heterocycles. The zero-order chi connectivity index (χ0) is 12.6. The highest BCUT2D eigenvalue weighted by molar-refractivity contribution is 6.41. The van der Waals surface area contributed by atoms with Crippen LogP contribution in [-0.4, -0.2) is 27.9 Å². The standard InChI is InChI=1S/C11H9NO3.C2H6.H3N.H2O/c13-9(10(14)15)7-5-12-11-4-6(11)2-1-3-8(7)11;1-2;;/h1-3,5-6,12H,4H2,(H,14,15);1-2H3;1H3;1H2. The van der Waals surface area contributed by atoms with Crippen LogP contribution in [-0.2, 0) is 9.59 Å². The van der Waals surface area contributed by atoms with Crippen molar-refractivity contribution in [2.75, 3.05) is 0 Å². The van der Waals surface area contributed by atoms with E-state index in [2.05, 4.69) is 11.4 Å². The van der Waals surface area contributed by atoms with Gasteiger partial charge < -0.3 is 22.1 Å². The minimum Gasteiger partial charge on any atom is -0.475 e. The maximum atomic E-state index is 11.4. The Morgan fingerprint density at radius 3 is 2.63 bits per heavy atom. The molecule has 19 heavy (non-hydrogen) atoms. The molecule has 0 aromatic carbocycles. The summed E-state index contributed by atoms with van der Waals surface area (Å²) >= 11 is 0. The van der Waals surface area contributed by atoms with E-state index in [1.54, 1.807) is 0 Å². The molecule has 6 heteroatoms. The van der Waals surface area contributed by atoms with Crippen LogP contribution in [0.4, 0.5) is 0 Å². The fraction of sp³-hybridized carbons (Fsp3) is 0.385. The summed E-state index contributed by atoms with van der Waals surface area (Å²) in [6, 6.07) is 0. The second kappa shape index (κ2) is 5.81. The number of nitrogens with one attached hydrogen (secondary N) is 1. The van der Waals surface area contributed by atoms with Crippen LogP contribution in [0.5, 0.6) is 0 Å². The van der Waals surface area contributed by atoms with E-state index in [1.807, 2.05) is 26.0 Å². The van der Waals surface area contributed by atoms with Crippen molar-refractivity contribution in [2.24, 2.45) is 5.92 Å². The van der Waals surface area contributed by atoms with Crippen molar-refractivity contribution in [1.29, 1.82) is 0 Å². The molecule has 1 saturated carbocycles. The first-order valence-corrected chi connectivity index (χ1v) is 5.80. The molecule has 1 fully saturated rings. The maximum Gasteiger partial charge on any atom is 0.377 e. The zero-order valence-corrected chi connectivity index (χ0v) is 11.1. The summed E-state index contributed by atoms with van der Waals surface area (Å²) in [7, 11) is 0. The normalized spacial score (nSPS) is 27.6. The number of carbonyl (C=O) groups excluding carboxylic acids is 1. The fourth-order valence-corrected chi connectivity index (χ4v) is 2.42. The van der Waals surface area contributed by atoms with Gasteiger partial charge in [-0.05, 0) is 12.0 Å². The molecule has 3 aliphatic rings. The van der Waals surface area contributed by atoms with E-state index in [4.69, 9.17) is 5.11 Å². The van der Waals surface area contributed by atoms with Gasteiger partial charge in [-0.3, -0.25) is 4.79 Å². The molecule has 0 radical (unpaired) electrons. The van der Waals surface area contributed by atoms with Crippen LogP contribution >= 0.6 is 0 Å². The Labute approximate surface area is 111 Å². The number of carbonyl (C=O) groups is 2. The largest absolute Gasteiger partial charge is 0.475 e. The Balaban J connectivity index is 0.000000776. The molecule has 2 aliphatic carbocycles. The Hall–Kier alpha value is -1.92. The minimum absolute atomic E-state index is 0. The zero-order valence-electron chi connectivity index (χ0n) is 11.1. The highest BCUT2D eigenvalue weighted by Gasteiger charge is 2.59. The Morgan fingerprint density at radius 1 is 1.42 bits per heavy atom. The smallest absolute Gasteiger partial charge is 0.377 e. The van der Waals surface area contributed by atoms with Gasteiger partial charge in [0.2, 0.25) is 0 Å². The maximum absolute atomic E-state index is 11.4. The molecule has 0 amide bonds. The van der Waals surface area contributed by atoms with Crippen molar-refractivity contribution < 1.29 is 20.2 Å². The predicted octanol–water partition coefficient (Wildman–Crippen LogP) is 0.746. The van der Waals surface area contributed by atoms with E-state index in [1.165, 1.54) is 6.20 Å². The number of allylic oxidation sites excluding steroid dienone is 2. The highest BCUT2D eigenvalue weighted by atomic mass is 16.4. The molecule has 0 aromatic rings. The van der Waals surface area contributed by atoms with E-state index in [0.717, 1.165) is 12.0 Å². The van der Waals surface area contributed by atoms with E-state index >= 15 is 0 Å². The summed E-state index contributed by atoms with van der Waals surface area (Å²) in [6.45, 7) is 4.00. The summed E-state index contributed by atoms with van der Waals surface area (Å²) in [5.74, 6) is -1.81. The third-order valence-corrected chi connectivity index (χ3v) is 3.30. The Morgan fingerprint density at radius 2 is 2.05 bits per heavy atom. The van der Waals surface area contributed by atoms with Crippen molar-refractivity contribution in [1.82, 2.24) is 11.5 Å². The van der Waals surface area contributed by atoms with Crippen molar-refractivity contribution in [3.8, 4) is 0 Å². The number of carboxylic acids is 1. The molecule has 0 bridgehead atoms. The van der Waals surface area contributed by atoms with Crippen LogP contribution in [0.25, 0.3) is 0 Å². The van der Waals surface area contributed by atoms with Crippen molar-refractivity contribution in [2.45, 2.75) is 25.8 Å². The van der Waals surface area contributed by atoms with Gasteiger partial charge in [-0.1, -0.05) is 32.1 Å². The molecule has 2 atom stereocenters. The average molecular weight is 268 g/mol. The average Bonchev–Trinajstić information content (AvgIpc) is 2.95. The SMILES string of the molecule is CC.N.O.O=C(O)C(=O)C1=CNC23CC2C=CC=C13. The van der Waals surface area contributed by atoms with E-state index in [9.17, 15) is 9.59 Å². The topological polar surface area (TPSA) is 133 Å². The van der Waals surface area contributed by atoms with Crippen molar-refractivity contribution >= 4 is 11.8 Å². The van der Waals surface area contributed by atoms with Crippen LogP contribution < -0.4 is 11.5 Å². The van der Waals surface area contributed by atoms with E-state index in [0.29, 0.717) is 11.5 Å². The predicted molar refractivity (Wildman–Crippen MR) is 71.9 cm³/mol. The lowest BCUT2D eigenvalue weighted by Gasteiger charge is -2.15. The van der Waals surface area contributed by atoms with Gasteiger partial charge in [-0.25, -0.2) is 4.79 Å². The summed E-state index contributed by atoms with van der Waals surface area (Å²) < 4.78 is 0.